The van der Waals surface area contributed by atoms with Crippen LogP contribution in [0.2, 0.25) is 5.02 Å². The summed E-state index contributed by atoms with van der Waals surface area (Å²) in [7, 11) is 1.44. The van der Waals surface area contributed by atoms with Gasteiger partial charge in [-0.3, -0.25) is 4.90 Å². The lowest BCUT2D eigenvalue weighted by Gasteiger charge is -2.34. The number of carbonyl (C=O) groups is 2. The van der Waals surface area contributed by atoms with Gasteiger partial charge < -0.3 is 19.3 Å². The number of hydrogen-bond acceptors (Lipinski definition) is 6. The molecule has 0 radical (unpaired) electrons. The van der Waals surface area contributed by atoms with E-state index in [4.69, 9.17) is 25.8 Å². The second kappa shape index (κ2) is 11.9. The predicted molar refractivity (Wildman–Crippen MR) is 126 cm³/mol. The van der Waals surface area contributed by atoms with Crippen molar-refractivity contribution in [1.29, 1.82) is 0 Å². The summed E-state index contributed by atoms with van der Waals surface area (Å²) in [4.78, 5) is 27.5. The van der Waals surface area contributed by atoms with Crippen LogP contribution in [0.3, 0.4) is 0 Å². The molecule has 2 aromatic rings. The van der Waals surface area contributed by atoms with Crippen LogP contribution in [0.1, 0.15) is 44.7 Å². The summed E-state index contributed by atoms with van der Waals surface area (Å²) in [6.45, 7) is 6.95. The van der Waals surface area contributed by atoms with Gasteiger partial charge in [-0.15, -0.1) is 0 Å². The number of halogens is 1. The zero-order valence-corrected chi connectivity index (χ0v) is 20.5. The number of nitrogens with zero attached hydrogens (tertiary/aromatic N) is 1. The first kappa shape index (κ1) is 26.5. The molecule has 1 amide bonds. The van der Waals surface area contributed by atoms with Crippen LogP contribution in [-0.4, -0.2) is 54.2 Å². The number of esters is 1. The van der Waals surface area contributed by atoms with Crippen LogP contribution in [0, 0.1) is 0 Å². The van der Waals surface area contributed by atoms with E-state index in [1.807, 2.05) is 6.92 Å². The first-order valence-corrected chi connectivity index (χ1v) is 11.1. The molecule has 0 spiro atoms. The molecule has 2 atom stereocenters. The van der Waals surface area contributed by atoms with Gasteiger partial charge in [-0.25, -0.2) is 9.59 Å². The molecule has 0 fully saturated rings. The zero-order valence-electron chi connectivity index (χ0n) is 19.7. The Morgan fingerprint density at radius 1 is 1.09 bits per heavy atom. The van der Waals surface area contributed by atoms with Gasteiger partial charge in [0.1, 0.15) is 24.1 Å². The lowest BCUT2D eigenvalue weighted by molar-refractivity contribution is -0.152. The Kier molecular flexibility index (Phi) is 9.56. The molecule has 0 saturated heterocycles. The first-order valence-electron chi connectivity index (χ1n) is 10.7. The minimum Gasteiger partial charge on any atom is -0.508 e. The van der Waals surface area contributed by atoms with Crippen LogP contribution in [-0.2, 0) is 25.4 Å². The molecule has 0 bridgehead atoms. The minimum atomic E-state index is -1.01. The van der Waals surface area contributed by atoms with Crippen molar-refractivity contribution in [3.8, 4) is 5.75 Å². The highest BCUT2D eigenvalue weighted by Gasteiger charge is 2.38. The van der Waals surface area contributed by atoms with Gasteiger partial charge in [0.15, 0.2) is 0 Å². The maximum Gasteiger partial charge on any atom is 0.412 e. The second-order valence-corrected chi connectivity index (χ2v) is 9.14. The van der Waals surface area contributed by atoms with Gasteiger partial charge in [-0.2, -0.15) is 0 Å². The summed E-state index contributed by atoms with van der Waals surface area (Å²) in [5, 5.41) is 10.5. The number of hydrogen-bond donors (Lipinski definition) is 1. The van der Waals surface area contributed by atoms with Crippen molar-refractivity contribution in [2.45, 2.75) is 51.7 Å². The molecule has 1 N–H and O–H groups in total. The summed E-state index contributed by atoms with van der Waals surface area (Å²) in [5.74, 6) is -0.910. The Balaban J connectivity index is 2.29. The van der Waals surface area contributed by atoms with Crippen molar-refractivity contribution in [2.75, 3.05) is 20.4 Å². The molecule has 8 heteroatoms. The number of phenolic OH excluding ortho intramolecular Hbond substituents is 1. The van der Waals surface area contributed by atoms with E-state index in [2.05, 4.69) is 0 Å². The monoisotopic (exact) mass is 477 g/mol. The van der Waals surface area contributed by atoms with Gasteiger partial charge in [0.25, 0.3) is 0 Å². The number of methoxy groups -OCH3 is 1. The number of aromatic hydroxyl groups is 1. The number of rotatable bonds is 9. The Morgan fingerprint density at radius 2 is 1.73 bits per heavy atom. The van der Waals surface area contributed by atoms with E-state index in [1.54, 1.807) is 69.3 Å². The molecule has 180 valence electrons. The Labute approximate surface area is 200 Å². The summed E-state index contributed by atoms with van der Waals surface area (Å²) >= 11 is 6.02. The average molecular weight is 478 g/mol. The highest BCUT2D eigenvalue weighted by atomic mass is 35.5. The van der Waals surface area contributed by atoms with Crippen LogP contribution in [0.25, 0.3) is 0 Å². The fourth-order valence-corrected chi connectivity index (χ4v) is 3.45. The summed E-state index contributed by atoms with van der Waals surface area (Å²) in [6.07, 6.45) is -0.357. The highest BCUT2D eigenvalue weighted by Crippen LogP contribution is 2.27. The molecule has 2 rings (SSSR count). The van der Waals surface area contributed by atoms with E-state index in [0.717, 1.165) is 5.56 Å². The minimum absolute atomic E-state index is 0.0371. The molecular weight excluding hydrogens is 446 g/mol. The molecule has 0 aliphatic heterocycles. The quantitative estimate of drug-likeness (QED) is 0.397. The van der Waals surface area contributed by atoms with Gasteiger partial charge in [0, 0.05) is 24.5 Å². The molecule has 1 unspecified atom stereocenters. The fraction of sp³-hybridized carbons (Fsp3) is 0.440. The molecule has 7 nitrogen and oxygen atoms in total. The van der Waals surface area contributed by atoms with Crippen LogP contribution in [0.5, 0.6) is 5.75 Å². The lowest BCUT2D eigenvalue weighted by Crippen LogP contribution is -2.51. The van der Waals surface area contributed by atoms with Gasteiger partial charge in [-0.05, 0) is 50.1 Å². The SMILES string of the molecule is COCN(C(=O)OC(C)(C)C)[C@H](C(=O)OCCc1ccccc1O)C(C)c1ccc(Cl)cc1. The Hall–Kier alpha value is -2.77. The van der Waals surface area contributed by atoms with Crippen molar-refractivity contribution in [3.63, 3.8) is 0 Å². The topological polar surface area (TPSA) is 85.3 Å². The maximum absolute atomic E-state index is 13.3. The zero-order chi connectivity index (χ0) is 24.6. The number of ether oxygens (including phenoxy) is 3. The molecule has 2 aromatic carbocycles. The summed E-state index contributed by atoms with van der Waals surface area (Å²) in [6, 6.07) is 12.9. The largest absolute Gasteiger partial charge is 0.508 e. The van der Waals surface area contributed by atoms with Crippen molar-refractivity contribution in [2.24, 2.45) is 0 Å². The normalized spacial score (nSPS) is 13.2. The summed E-state index contributed by atoms with van der Waals surface area (Å²) < 4.78 is 16.3. The number of phenols is 1. The van der Waals surface area contributed by atoms with Crippen LogP contribution < -0.4 is 0 Å². The third-order valence-electron chi connectivity index (χ3n) is 4.95. The average Bonchev–Trinajstić information content (AvgIpc) is 2.74. The highest BCUT2D eigenvalue weighted by molar-refractivity contribution is 6.30. The molecule has 0 aliphatic carbocycles. The van der Waals surface area contributed by atoms with Gasteiger partial charge >= 0.3 is 12.1 Å². The van der Waals surface area contributed by atoms with E-state index < -0.39 is 29.6 Å². The molecular formula is C25H32ClNO6. The number of para-hydroxylation sites is 1. The second-order valence-electron chi connectivity index (χ2n) is 8.70. The van der Waals surface area contributed by atoms with E-state index in [1.165, 1.54) is 12.0 Å². The number of amides is 1. The maximum atomic E-state index is 13.3. The predicted octanol–water partition coefficient (Wildman–Crippen LogP) is 5.14. The fourth-order valence-electron chi connectivity index (χ4n) is 3.33. The molecule has 0 aliphatic rings. The Morgan fingerprint density at radius 3 is 2.30 bits per heavy atom. The Bertz CT molecular complexity index is 925. The van der Waals surface area contributed by atoms with Gasteiger partial charge in [0.2, 0.25) is 0 Å². The molecule has 0 saturated carbocycles. The van der Waals surface area contributed by atoms with E-state index in [-0.39, 0.29) is 19.1 Å². The van der Waals surface area contributed by atoms with E-state index in [0.29, 0.717) is 17.0 Å². The van der Waals surface area contributed by atoms with Crippen molar-refractivity contribution < 1.29 is 28.9 Å². The van der Waals surface area contributed by atoms with Crippen molar-refractivity contribution >= 4 is 23.7 Å². The van der Waals surface area contributed by atoms with Crippen LogP contribution in [0.4, 0.5) is 4.79 Å². The third-order valence-corrected chi connectivity index (χ3v) is 5.20. The van der Waals surface area contributed by atoms with E-state index in [9.17, 15) is 14.7 Å². The smallest absolute Gasteiger partial charge is 0.412 e. The van der Waals surface area contributed by atoms with Gasteiger partial charge in [-0.1, -0.05) is 48.9 Å². The first-order chi connectivity index (χ1) is 15.5. The molecule has 0 aromatic heterocycles. The summed E-state index contributed by atoms with van der Waals surface area (Å²) in [5.41, 5.74) is 0.700. The van der Waals surface area contributed by atoms with Crippen molar-refractivity contribution in [1.82, 2.24) is 4.90 Å². The van der Waals surface area contributed by atoms with Crippen LogP contribution in [0.15, 0.2) is 48.5 Å². The van der Waals surface area contributed by atoms with Crippen molar-refractivity contribution in [3.05, 3.63) is 64.7 Å². The number of benzene rings is 2. The third kappa shape index (κ3) is 7.94. The van der Waals surface area contributed by atoms with Gasteiger partial charge in [0.05, 0.1) is 6.61 Å². The van der Waals surface area contributed by atoms with E-state index >= 15 is 0 Å². The lowest BCUT2D eigenvalue weighted by atomic mass is 9.92. The van der Waals surface area contributed by atoms with Crippen LogP contribution >= 0.6 is 11.6 Å². The standard InChI is InChI=1S/C25H32ClNO6/c1-17(18-10-12-20(26)13-11-18)22(27(16-31-5)24(30)33-25(2,3)4)23(29)32-15-14-19-8-6-7-9-21(19)28/h6-13,17,22,28H,14-16H2,1-5H3/t17?,22-/m0/s1. The molecule has 33 heavy (non-hydrogen) atoms. The molecule has 0 heterocycles. The number of carbonyl (C=O) groups excluding carboxylic acids is 2.